The Morgan fingerprint density at radius 2 is 1.76 bits per heavy atom. The van der Waals surface area contributed by atoms with E-state index in [1.54, 1.807) is 0 Å². The third kappa shape index (κ3) is 4.41. The van der Waals surface area contributed by atoms with Crippen molar-refractivity contribution < 1.29 is 9.90 Å². The minimum atomic E-state index is -0.0530. The van der Waals surface area contributed by atoms with E-state index in [2.05, 4.69) is 41.7 Å². The molecular formula is C32H52N4O2. The second-order valence-electron chi connectivity index (χ2n) is 14.5. The van der Waals surface area contributed by atoms with E-state index in [1.165, 1.54) is 44.9 Å². The Balaban J connectivity index is 1.03. The number of aliphatic hydroxyl groups excluding tert-OH is 1. The van der Waals surface area contributed by atoms with Crippen LogP contribution in [0.3, 0.4) is 0 Å². The van der Waals surface area contributed by atoms with Crippen LogP contribution < -0.4 is 4.90 Å². The first-order valence-corrected chi connectivity index (χ1v) is 15.9. The normalized spacial score (nSPS) is 41.8. The van der Waals surface area contributed by atoms with Gasteiger partial charge in [-0.25, -0.2) is 0 Å². The predicted molar refractivity (Wildman–Crippen MR) is 152 cm³/mol. The first-order chi connectivity index (χ1) is 18.2. The highest BCUT2D eigenvalue weighted by Crippen LogP contribution is 2.68. The number of aliphatic hydroxyl groups is 1. The maximum absolute atomic E-state index is 13.2. The molecule has 5 aliphatic rings. The van der Waals surface area contributed by atoms with E-state index in [0.717, 1.165) is 80.8 Å². The third-order valence-corrected chi connectivity index (χ3v) is 13.0. The van der Waals surface area contributed by atoms with Gasteiger partial charge >= 0.3 is 0 Å². The van der Waals surface area contributed by atoms with Crippen molar-refractivity contribution >= 4 is 11.7 Å². The number of rotatable bonds is 5. The largest absolute Gasteiger partial charge is 0.393 e. The van der Waals surface area contributed by atoms with Crippen molar-refractivity contribution in [1.29, 1.82) is 0 Å². The smallest absolute Gasteiger partial charge is 0.222 e. The molecule has 6 heteroatoms. The molecular weight excluding hydrogens is 472 g/mol. The molecule has 6 rings (SSSR count). The quantitative estimate of drug-likeness (QED) is 0.552. The zero-order valence-electron chi connectivity index (χ0n) is 24.4. The molecule has 212 valence electrons. The van der Waals surface area contributed by atoms with Crippen LogP contribution in [0.5, 0.6) is 0 Å². The summed E-state index contributed by atoms with van der Waals surface area (Å²) in [6, 6.07) is 2.06. The molecule has 1 aliphatic heterocycles. The lowest BCUT2D eigenvalue weighted by atomic mass is 9.44. The Morgan fingerprint density at radius 3 is 2.50 bits per heavy atom. The number of hydrogen-bond acceptors (Lipinski definition) is 4. The van der Waals surface area contributed by atoms with E-state index in [1.807, 2.05) is 17.9 Å². The maximum Gasteiger partial charge on any atom is 0.222 e. The highest BCUT2D eigenvalue weighted by Gasteiger charge is 2.60. The summed E-state index contributed by atoms with van der Waals surface area (Å²) in [4.78, 5) is 17.6. The molecule has 6 nitrogen and oxygen atoms in total. The lowest BCUT2D eigenvalue weighted by molar-refractivity contribution is -0.133. The van der Waals surface area contributed by atoms with Gasteiger partial charge in [-0.1, -0.05) is 20.8 Å². The summed E-state index contributed by atoms with van der Waals surface area (Å²) in [6.45, 7) is 11.1. The van der Waals surface area contributed by atoms with Crippen molar-refractivity contribution in [3.8, 4) is 0 Å². The standard InChI is InChI=1S/C32H52N4O2/c1-22(5-10-30(38)36-19-17-35(18-20-36)29-13-16-33-34(29)4)26-8-9-27-25-7-6-23-21-24(37)11-14-31(23,2)28(25)12-15-32(26,27)3/h13,16,22-28,37H,5-12,14-15,17-21H2,1-4H3/t22?,23-,24-,25-,26+,27-,28-,31-,32+/m0/s1. The average Bonchev–Trinajstić information content (AvgIpc) is 3.50. The number of fused-ring (bicyclic) bond motifs is 5. The van der Waals surface area contributed by atoms with E-state index in [4.69, 9.17) is 0 Å². The Kier molecular flexibility index (Phi) is 7.10. The number of hydrogen-bond donors (Lipinski definition) is 1. The Morgan fingerprint density at radius 1 is 1.03 bits per heavy atom. The molecule has 2 heterocycles. The summed E-state index contributed by atoms with van der Waals surface area (Å²) in [5, 5.41) is 14.6. The first kappa shape index (κ1) is 26.7. The first-order valence-electron chi connectivity index (χ1n) is 15.9. The maximum atomic E-state index is 13.2. The molecule has 0 spiro atoms. The topological polar surface area (TPSA) is 61.6 Å². The molecule has 0 radical (unpaired) electrons. The van der Waals surface area contributed by atoms with Crippen LogP contribution in [0.2, 0.25) is 0 Å². The highest BCUT2D eigenvalue weighted by atomic mass is 16.3. The van der Waals surface area contributed by atoms with Crippen LogP contribution in [-0.4, -0.2) is 58.0 Å². The molecule has 4 saturated carbocycles. The number of aryl methyl sites for hydroxylation is 1. The molecule has 1 N–H and O–H groups in total. The highest BCUT2D eigenvalue weighted by molar-refractivity contribution is 5.76. The molecule has 0 aromatic carbocycles. The fraction of sp³-hybridized carbons (Fsp3) is 0.875. The van der Waals surface area contributed by atoms with Crippen LogP contribution in [-0.2, 0) is 11.8 Å². The van der Waals surface area contributed by atoms with Gasteiger partial charge in [0, 0.05) is 45.7 Å². The lowest BCUT2D eigenvalue weighted by Crippen LogP contribution is -2.54. The van der Waals surface area contributed by atoms with Crippen LogP contribution in [0.4, 0.5) is 5.82 Å². The monoisotopic (exact) mass is 524 g/mol. The fourth-order valence-corrected chi connectivity index (χ4v) is 10.8. The van der Waals surface area contributed by atoms with E-state index in [0.29, 0.717) is 29.1 Å². The molecule has 38 heavy (non-hydrogen) atoms. The molecule has 9 atom stereocenters. The van der Waals surface area contributed by atoms with Gasteiger partial charge < -0.3 is 14.9 Å². The SMILES string of the molecule is CC(CCC(=O)N1CCN(c2ccnn2C)CC1)[C@H]1CC[C@H]2[C@@H]3CC[C@H]4C[C@@H](O)CC[C@]4(C)[C@H]3CC[C@]12C. The summed E-state index contributed by atoms with van der Waals surface area (Å²) in [5.41, 5.74) is 0.913. The Hall–Kier alpha value is -1.56. The van der Waals surface area contributed by atoms with Gasteiger partial charge in [0.2, 0.25) is 5.91 Å². The average molecular weight is 525 g/mol. The molecule has 4 aliphatic carbocycles. The van der Waals surface area contributed by atoms with Gasteiger partial charge in [-0.3, -0.25) is 9.48 Å². The third-order valence-electron chi connectivity index (χ3n) is 13.0. The number of carbonyl (C=O) groups is 1. The summed E-state index contributed by atoms with van der Waals surface area (Å²) in [6.07, 6.45) is 15.1. The molecule has 1 unspecified atom stereocenters. The number of aromatic nitrogens is 2. The summed E-state index contributed by atoms with van der Waals surface area (Å²) >= 11 is 0. The van der Waals surface area contributed by atoms with Gasteiger partial charge in [0.05, 0.1) is 12.3 Å². The van der Waals surface area contributed by atoms with E-state index in [9.17, 15) is 9.90 Å². The minimum Gasteiger partial charge on any atom is -0.393 e. The van der Waals surface area contributed by atoms with Gasteiger partial charge in [0.25, 0.3) is 0 Å². The van der Waals surface area contributed by atoms with Crippen LogP contribution in [0.15, 0.2) is 12.3 Å². The van der Waals surface area contributed by atoms with Crippen LogP contribution >= 0.6 is 0 Å². The number of amides is 1. The number of anilines is 1. The molecule has 1 amide bonds. The van der Waals surface area contributed by atoms with Crippen molar-refractivity contribution in [2.24, 2.45) is 53.4 Å². The van der Waals surface area contributed by atoms with Gasteiger partial charge in [0.15, 0.2) is 0 Å². The number of carbonyl (C=O) groups excluding carboxylic acids is 1. The van der Waals surface area contributed by atoms with E-state index < -0.39 is 0 Å². The van der Waals surface area contributed by atoms with Crippen molar-refractivity contribution in [2.75, 3.05) is 31.1 Å². The van der Waals surface area contributed by atoms with Crippen LogP contribution in [0.25, 0.3) is 0 Å². The van der Waals surface area contributed by atoms with Gasteiger partial charge in [0.1, 0.15) is 5.82 Å². The molecule has 1 aromatic heterocycles. The summed E-state index contributed by atoms with van der Waals surface area (Å²) in [5.74, 6) is 6.26. The molecule has 1 saturated heterocycles. The van der Waals surface area contributed by atoms with Crippen LogP contribution in [0, 0.1) is 46.3 Å². The molecule has 0 bridgehead atoms. The van der Waals surface area contributed by atoms with Gasteiger partial charge in [-0.05, 0) is 111 Å². The summed E-state index contributed by atoms with van der Waals surface area (Å²) < 4.78 is 1.92. The van der Waals surface area contributed by atoms with Gasteiger partial charge in [-0.15, -0.1) is 0 Å². The van der Waals surface area contributed by atoms with Crippen molar-refractivity contribution in [1.82, 2.24) is 14.7 Å². The second-order valence-corrected chi connectivity index (χ2v) is 14.5. The zero-order valence-corrected chi connectivity index (χ0v) is 24.4. The number of piperazine rings is 1. The fourth-order valence-electron chi connectivity index (χ4n) is 10.8. The molecule has 5 fully saturated rings. The van der Waals surface area contributed by atoms with Crippen molar-refractivity contribution in [2.45, 2.75) is 97.5 Å². The second kappa shape index (κ2) is 10.1. The lowest BCUT2D eigenvalue weighted by Gasteiger charge is -2.61. The van der Waals surface area contributed by atoms with Crippen molar-refractivity contribution in [3.63, 3.8) is 0 Å². The molecule has 1 aromatic rings. The van der Waals surface area contributed by atoms with E-state index in [-0.39, 0.29) is 6.10 Å². The summed E-state index contributed by atoms with van der Waals surface area (Å²) in [7, 11) is 1.99. The predicted octanol–water partition coefficient (Wildman–Crippen LogP) is 5.50. The minimum absolute atomic E-state index is 0.0530. The Labute approximate surface area is 230 Å². The van der Waals surface area contributed by atoms with Gasteiger partial charge in [-0.2, -0.15) is 5.10 Å². The van der Waals surface area contributed by atoms with E-state index >= 15 is 0 Å². The Bertz CT molecular complexity index is 1000. The van der Waals surface area contributed by atoms with Crippen molar-refractivity contribution in [3.05, 3.63) is 12.3 Å². The zero-order chi connectivity index (χ0) is 26.7. The van der Waals surface area contributed by atoms with Crippen LogP contribution in [0.1, 0.15) is 91.4 Å². The number of nitrogens with zero attached hydrogens (tertiary/aromatic N) is 4.